The van der Waals surface area contributed by atoms with E-state index < -0.39 is 6.29 Å². The molecule has 1 unspecified atom stereocenters. The number of fused-ring (bicyclic) bond motifs is 1. The Morgan fingerprint density at radius 1 is 1.18 bits per heavy atom. The van der Waals surface area contributed by atoms with Crippen molar-refractivity contribution in [2.45, 2.75) is 44.4 Å². The number of ether oxygens (including phenoxy) is 2. The van der Waals surface area contributed by atoms with Gasteiger partial charge in [-0.1, -0.05) is 30.3 Å². The highest BCUT2D eigenvalue weighted by atomic mass is 16.6. The summed E-state index contributed by atoms with van der Waals surface area (Å²) in [5.74, 6) is 0.491. The van der Waals surface area contributed by atoms with Crippen LogP contribution in [0, 0.1) is 5.92 Å². The van der Waals surface area contributed by atoms with Crippen molar-refractivity contribution < 1.29 is 14.6 Å². The Morgan fingerprint density at radius 3 is 2.76 bits per heavy atom. The molecule has 1 aliphatic heterocycles. The van der Waals surface area contributed by atoms with Crippen molar-refractivity contribution in [2.75, 3.05) is 0 Å². The van der Waals surface area contributed by atoms with Crippen LogP contribution in [0.25, 0.3) is 0 Å². The number of benzene rings is 1. The Morgan fingerprint density at radius 2 is 2.00 bits per heavy atom. The lowest BCUT2D eigenvalue weighted by Gasteiger charge is -2.13. The monoisotopic (exact) mass is 234 g/mol. The van der Waals surface area contributed by atoms with Gasteiger partial charge in [0.1, 0.15) is 0 Å². The zero-order valence-corrected chi connectivity index (χ0v) is 9.79. The molecule has 3 rings (SSSR count). The van der Waals surface area contributed by atoms with Gasteiger partial charge in [0, 0.05) is 12.8 Å². The molecule has 3 heteroatoms. The molecule has 1 saturated heterocycles. The lowest BCUT2D eigenvalue weighted by molar-refractivity contribution is -0.0982. The first-order chi connectivity index (χ1) is 8.31. The molecule has 0 amide bonds. The molecule has 2 fully saturated rings. The average molecular weight is 234 g/mol. The number of aliphatic hydroxyl groups excluding tert-OH is 1. The maximum Gasteiger partial charge on any atom is 0.155 e. The lowest BCUT2D eigenvalue weighted by atomic mass is 10.0. The topological polar surface area (TPSA) is 38.7 Å². The molecule has 4 atom stereocenters. The second-order valence-electron chi connectivity index (χ2n) is 5.01. The molecule has 0 spiro atoms. The highest BCUT2D eigenvalue weighted by Crippen LogP contribution is 2.39. The molecule has 1 N–H and O–H groups in total. The van der Waals surface area contributed by atoms with Crippen LogP contribution in [0.15, 0.2) is 30.3 Å². The van der Waals surface area contributed by atoms with Gasteiger partial charge >= 0.3 is 0 Å². The zero-order valence-electron chi connectivity index (χ0n) is 9.79. The van der Waals surface area contributed by atoms with E-state index in [1.54, 1.807) is 0 Å². The number of aliphatic hydroxyl groups is 1. The summed E-state index contributed by atoms with van der Waals surface area (Å²) < 4.78 is 11.3. The van der Waals surface area contributed by atoms with Gasteiger partial charge in [0.25, 0.3) is 0 Å². The Labute approximate surface area is 101 Å². The molecular formula is C14H18O3. The van der Waals surface area contributed by atoms with Gasteiger partial charge in [-0.15, -0.1) is 0 Å². The summed E-state index contributed by atoms with van der Waals surface area (Å²) in [5.41, 5.74) is 1.21. The largest absolute Gasteiger partial charge is 0.373 e. The average Bonchev–Trinajstić information content (AvgIpc) is 2.84. The summed E-state index contributed by atoms with van der Waals surface area (Å²) in [4.78, 5) is 0. The normalized spacial score (nSPS) is 36.1. The van der Waals surface area contributed by atoms with E-state index in [0.717, 1.165) is 19.3 Å². The highest BCUT2D eigenvalue weighted by Gasteiger charge is 2.42. The fourth-order valence-electron chi connectivity index (χ4n) is 2.89. The van der Waals surface area contributed by atoms with Crippen LogP contribution in [-0.2, 0) is 16.1 Å². The highest BCUT2D eigenvalue weighted by molar-refractivity contribution is 5.13. The van der Waals surface area contributed by atoms with Gasteiger partial charge in [0.15, 0.2) is 6.29 Å². The van der Waals surface area contributed by atoms with E-state index in [-0.39, 0.29) is 12.2 Å². The second kappa shape index (κ2) is 4.77. The van der Waals surface area contributed by atoms with Gasteiger partial charge in [-0.2, -0.15) is 0 Å². The first-order valence-corrected chi connectivity index (χ1v) is 6.30. The third-order valence-corrected chi connectivity index (χ3v) is 3.75. The Kier molecular flexibility index (Phi) is 3.14. The molecule has 0 bridgehead atoms. The minimum atomic E-state index is -0.542. The lowest BCUT2D eigenvalue weighted by Crippen LogP contribution is -2.15. The van der Waals surface area contributed by atoms with E-state index in [4.69, 9.17) is 9.47 Å². The van der Waals surface area contributed by atoms with Crippen molar-refractivity contribution in [1.29, 1.82) is 0 Å². The first-order valence-electron chi connectivity index (χ1n) is 6.30. The van der Waals surface area contributed by atoms with Crippen molar-refractivity contribution in [3.8, 4) is 0 Å². The number of hydrogen-bond donors (Lipinski definition) is 1. The zero-order chi connectivity index (χ0) is 11.7. The third kappa shape index (κ3) is 2.51. The third-order valence-electron chi connectivity index (χ3n) is 3.75. The Bertz CT molecular complexity index is 351. The predicted molar refractivity (Wildman–Crippen MR) is 63.2 cm³/mol. The first kappa shape index (κ1) is 11.2. The van der Waals surface area contributed by atoms with Crippen molar-refractivity contribution >= 4 is 0 Å². The summed E-state index contributed by atoms with van der Waals surface area (Å²) in [7, 11) is 0. The van der Waals surface area contributed by atoms with Crippen LogP contribution in [0.1, 0.15) is 24.8 Å². The molecule has 2 aliphatic rings. The van der Waals surface area contributed by atoms with Crippen LogP contribution in [0.4, 0.5) is 0 Å². The minimum Gasteiger partial charge on any atom is -0.373 e. The van der Waals surface area contributed by atoms with E-state index >= 15 is 0 Å². The van der Waals surface area contributed by atoms with Crippen molar-refractivity contribution in [1.82, 2.24) is 0 Å². The Balaban J connectivity index is 1.49. The summed E-state index contributed by atoms with van der Waals surface area (Å²) in [5, 5.41) is 9.37. The van der Waals surface area contributed by atoms with Crippen LogP contribution in [0.2, 0.25) is 0 Å². The van der Waals surface area contributed by atoms with E-state index in [9.17, 15) is 5.11 Å². The van der Waals surface area contributed by atoms with Gasteiger partial charge in [0.2, 0.25) is 0 Å². The van der Waals surface area contributed by atoms with Crippen LogP contribution in [-0.4, -0.2) is 23.6 Å². The molecule has 0 radical (unpaired) electrons. The summed E-state index contributed by atoms with van der Waals surface area (Å²) in [6, 6.07) is 10.2. The number of hydrogen-bond acceptors (Lipinski definition) is 3. The minimum absolute atomic E-state index is 0.214. The molecule has 1 aliphatic carbocycles. The SMILES string of the molecule is OC1C[C@@H]2C[C@@H](OCc3ccccc3)C[C@@H]2O1. The van der Waals surface area contributed by atoms with Crippen LogP contribution in [0.5, 0.6) is 0 Å². The van der Waals surface area contributed by atoms with Crippen molar-refractivity contribution in [2.24, 2.45) is 5.92 Å². The van der Waals surface area contributed by atoms with Crippen LogP contribution < -0.4 is 0 Å². The molecule has 3 nitrogen and oxygen atoms in total. The fraction of sp³-hybridized carbons (Fsp3) is 0.571. The summed E-state index contributed by atoms with van der Waals surface area (Å²) in [6.07, 6.45) is 2.68. The predicted octanol–water partition coefficient (Wildman–Crippen LogP) is 2.09. The van der Waals surface area contributed by atoms with Gasteiger partial charge in [-0.05, 0) is 17.9 Å². The standard InChI is InChI=1S/C14H18O3/c15-14-7-11-6-12(8-13(11)17-14)16-9-10-4-2-1-3-5-10/h1-5,11-15H,6-9H2/t11-,12+,13-,14?/m0/s1. The quantitative estimate of drug-likeness (QED) is 0.870. The maximum absolute atomic E-state index is 9.37. The molecule has 92 valence electrons. The van der Waals surface area contributed by atoms with Gasteiger partial charge in [-0.25, -0.2) is 0 Å². The van der Waals surface area contributed by atoms with Crippen LogP contribution in [0.3, 0.4) is 0 Å². The molecule has 1 saturated carbocycles. The van der Waals surface area contributed by atoms with Crippen molar-refractivity contribution in [3.63, 3.8) is 0 Å². The molecule has 1 heterocycles. The van der Waals surface area contributed by atoms with Crippen LogP contribution >= 0.6 is 0 Å². The molecule has 1 aromatic carbocycles. The van der Waals surface area contributed by atoms with E-state index in [1.807, 2.05) is 18.2 Å². The molecule has 17 heavy (non-hydrogen) atoms. The van der Waals surface area contributed by atoms with Gasteiger partial charge in [0.05, 0.1) is 18.8 Å². The molecule has 0 aromatic heterocycles. The molecule has 1 aromatic rings. The summed E-state index contributed by atoms with van der Waals surface area (Å²) >= 11 is 0. The second-order valence-corrected chi connectivity index (χ2v) is 5.01. The van der Waals surface area contributed by atoms with E-state index in [2.05, 4.69) is 12.1 Å². The maximum atomic E-state index is 9.37. The number of rotatable bonds is 3. The van der Waals surface area contributed by atoms with Crippen molar-refractivity contribution in [3.05, 3.63) is 35.9 Å². The van der Waals surface area contributed by atoms with Gasteiger partial charge in [-0.3, -0.25) is 0 Å². The fourth-order valence-corrected chi connectivity index (χ4v) is 2.89. The Hall–Kier alpha value is -0.900. The smallest absolute Gasteiger partial charge is 0.155 e. The summed E-state index contributed by atoms with van der Waals surface area (Å²) in [6.45, 7) is 0.674. The van der Waals surface area contributed by atoms with Gasteiger partial charge < -0.3 is 14.6 Å². The van der Waals surface area contributed by atoms with E-state index in [1.165, 1.54) is 5.56 Å². The van der Waals surface area contributed by atoms with E-state index in [0.29, 0.717) is 12.5 Å². The molecular weight excluding hydrogens is 216 g/mol.